The second-order valence-corrected chi connectivity index (χ2v) is 3.31. The summed E-state index contributed by atoms with van der Waals surface area (Å²) in [7, 11) is 0. The fourth-order valence-electron chi connectivity index (χ4n) is 1.33. The fraction of sp³-hybridized carbons (Fsp3) is 0.111. The second-order valence-electron chi connectivity index (χ2n) is 2.69. The van der Waals surface area contributed by atoms with E-state index in [1.807, 2.05) is 22.6 Å². The Morgan fingerprint density at radius 2 is 1.64 bits per heavy atom. The molecule has 1 heterocycles. The molecule has 1 aliphatic rings. The molecule has 2 rings (SSSR count). The molecule has 0 bridgehead atoms. The maximum absolute atomic E-state index is 11.6. The third kappa shape index (κ3) is 1.32. The van der Waals surface area contributed by atoms with Gasteiger partial charge in [0.15, 0.2) is 0 Å². The van der Waals surface area contributed by atoms with Crippen LogP contribution in [0.25, 0.3) is 0 Å². The lowest BCUT2D eigenvalue weighted by Gasteiger charge is -2.09. The minimum Gasteiger partial charge on any atom is -0.266 e. The summed E-state index contributed by atoms with van der Waals surface area (Å²) in [6.45, 7) is 0. The summed E-state index contributed by atoms with van der Waals surface area (Å²) in [5.41, 5.74) is 0.810. The molecule has 0 radical (unpaired) electrons. The summed E-state index contributed by atoms with van der Waals surface area (Å²) in [6, 6.07) is 6.67. The lowest BCUT2D eigenvalue weighted by molar-refractivity contribution is -0.0680. The highest BCUT2D eigenvalue weighted by Gasteiger charge is 2.36. The van der Waals surface area contributed by atoms with Gasteiger partial charge in [0.05, 0.1) is 11.1 Å². The van der Waals surface area contributed by atoms with E-state index in [1.165, 1.54) is 0 Å². The molecule has 1 aromatic carbocycles. The third-order valence-corrected chi connectivity index (χ3v) is 2.21. The number of hydroxylamine groups is 2. The first kappa shape index (κ1) is 9.60. The smallest absolute Gasteiger partial charge is 0.266 e. The zero-order valence-electron chi connectivity index (χ0n) is 7.07. The molecule has 0 aliphatic carbocycles. The predicted octanol–water partition coefficient (Wildman–Crippen LogP) is 1.61. The number of amides is 2. The zero-order chi connectivity index (χ0) is 10.1. The van der Waals surface area contributed by atoms with Gasteiger partial charge < -0.3 is 0 Å². The summed E-state index contributed by atoms with van der Waals surface area (Å²) < 4.78 is 0.267. The number of fused-ring (bicyclic) bond motifs is 1. The monoisotopic (exact) mass is 303 g/mol. The molecule has 0 fully saturated rings. The van der Waals surface area contributed by atoms with Crippen LogP contribution in [0.5, 0.6) is 0 Å². The Labute approximate surface area is 93.9 Å². The van der Waals surface area contributed by atoms with Gasteiger partial charge in [0, 0.05) is 0 Å². The number of imide groups is 1. The van der Waals surface area contributed by atoms with Gasteiger partial charge in [-0.3, -0.25) is 14.4 Å². The van der Waals surface area contributed by atoms with Gasteiger partial charge in [-0.2, -0.15) is 0 Å². The number of rotatable bonds is 2. The van der Waals surface area contributed by atoms with Crippen LogP contribution in [0.3, 0.4) is 0 Å². The molecular formula is C9H6INO3. The van der Waals surface area contributed by atoms with Crippen LogP contribution in [0, 0.1) is 0 Å². The SMILES string of the molecule is O=C1c2ccccc2C(=O)N1OCI. The molecule has 0 saturated heterocycles. The van der Waals surface area contributed by atoms with Crippen molar-refractivity contribution >= 4 is 34.4 Å². The van der Waals surface area contributed by atoms with Gasteiger partial charge in [-0.05, 0) is 12.1 Å². The molecule has 0 saturated carbocycles. The van der Waals surface area contributed by atoms with Crippen molar-refractivity contribution in [2.45, 2.75) is 0 Å². The van der Waals surface area contributed by atoms with Crippen molar-refractivity contribution in [1.29, 1.82) is 0 Å². The highest BCUT2D eigenvalue weighted by atomic mass is 127. The van der Waals surface area contributed by atoms with E-state index in [1.54, 1.807) is 24.3 Å². The van der Waals surface area contributed by atoms with Crippen LogP contribution in [-0.2, 0) is 4.84 Å². The van der Waals surface area contributed by atoms with Crippen molar-refractivity contribution in [3.63, 3.8) is 0 Å². The molecule has 0 N–H and O–H groups in total. The molecular weight excluding hydrogens is 297 g/mol. The Morgan fingerprint density at radius 1 is 1.14 bits per heavy atom. The highest BCUT2D eigenvalue weighted by molar-refractivity contribution is 14.1. The number of benzene rings is 1. The summed E-state index contributed by atoms with van der Waals surface area (Å²) in [5, 5.41) is 0.803. The minimum absolute atomic E-state index is 0.267. The molecule has 4 nitrogen and oxygen atoms in total. The van der Waals surface area contributed by atoms with E-state index in [2.05, 4.69) is 0 Å². The molecule has 72 valence electrons. The molecule has 2 amide bonds. The first-order valence-electron chi connectivity index (χ1n) is 3.92. The van der Waals surface area contributed by atoms with E-state index in [0.29, 0.717) is 11.1 Å². The van der Waals surface area contributed by atoms with Gasteiger partial charge in [0.2, 0.25) is 0 Å². The van der Waals surface area contributed by atoms with Crippen LogP contribution in [0.15, 0.2) is 24.3 Å². The van der Waals surface area contributed by atoms with E-state index < -0.39 is 0 Å². The third-order valence-electron chi connectivity index (χ3n) is 1.93. The van der Waals surface area contributed by atoms with Gasteiger partial charge in [-0.15, -0.1) is 5.06 Å². The number of hydrogen-bond donors (Lipinski definition) is 0. The van der Waals surface area contributed by atoms with E-state index in [9.17, 15) is 9.59 Å². The Bertz CT molecular complexity index is 370. The Kier molecular flexibility index (Phi) is 2.51. The van der Waals surface area contributed by atoms with Crippen molar-refractivity contribution in [3.8, 4) is 0 Å². The normalized spacial score (nSPS) is 14.8. The number of hydrogen-bond acceptors (Lipinski definition) is 3. The van der Waals surface area contributed by atoms with Gasteiger partial charge in [-0.1, -0.05) is 34.7 Å². The lowest BCUT2D eigenvalue weighted by Crippen LogP contribution is -2.29. The number of nitrogens with zero attached hydrogens (tertiary/aromatic N) is 1. The number of halogens is 1. The van der Waals surface area contributed by atoms with Gasteiger partial charge >= 0.3 is 0 Å². The molecule has 0 atom stereocenters. The van der Waals surface area contributed by atoms with Crippen LogP contribution in [-0.4, -0.2) is 21.5 Å². The van der Waals surface area contributed by atoms with Crippen molar-refractivity contribution in [2.24, 2.45) is 0 Å². The Hall–Kier alpha value is -0.950. The first-order chi connectivity index (χ1) is 6.75. The van der Waals surface area contributed by atoms with Crippen LogP contribution in [0.4, 0.5) is 0 Å². The quantitative estimate of drug-likeness (QED) is 0.474. The van der Waals surface area contributed by atoms with Crippen LogP contribution in [0.1, 0.15) is 20.7 Å². The maximum atomic E-state index is 11.6. The average Bonchev–Trinajstić information content (AvgIpc) is 2.45. The second kappa shape index (κ2) is 3.66. The molecule has 1 aliphatic heterocycles. The van der Waals surface area contributed by atoms with Crippen molar-refractivity contribution in [3.05, 3.63) is 35.4 Å². The summed E-state index contributed by atoms with van der Waals surface area (Å²) in [5.74, 6) is -0.774. The standard InChI is InChI=1S/C9H6INO3/c10-5-14-11-8(12)6-3-1-2-4-7(6)9(11)13/h1-4H,5H2. The maximum Gasteiger partial charge on any atom is 0.285 e. The summed E-state index contributed by atoms with van der Waals surface area (Å²) in [6.07, 6.45) is 0. The number of alkyl halides is 1. The van der Waals surface area contributed by atoms with Crippen LogP contribution in [0.2, 0.25) is 0 Å². The van der Waals surface area contributed by atoms with Crippen molar-refractivity contribution in [2.75, 3.05) is 4.61 Å². The van der Waals surface area contributed by atoms with E-state index >= 15 is 0 Å². The van der Waals surface area contributed by atoms with E-state index in [-0.39, 0.29) is 16.4 Å². The van der Waals surface area contributed by atoms with E-state index in [0.717, 1.165) is 5.06 Å². The Balaban J connectivity index is 2.43. The number of carbonyl (C=O) groups is 2. The topological polar surface area (TPSA) is 46.6 Å². The highest BCUT2D eigenvalue weighted by Crippen LogP contribution is 2.22. The minimum atomic E-state index is -0.387. The van der Waals surface area contributed by atoms with Gasteiger partial charge in [0.1, 0.15) is 4.61 Å². The summed E-state index contributed by atoms with van der Waals surface area (Å²) in [4.78, 5) is 28.1. The lowest BCUT2D eigenvalue weighted by atomic mass is 10.1. The molecule has 0 aromatic heterocycles. The van der Waals surface area contributed by atoms with Gasteiger partial charge in [0.25, 0.3) is 11.8 Å². The molecule has 14 heavy (non-hydrogen) atoms. The molecule has 1 aromatic rings. The molecule has 5 heteroatoms. The average molecular weight is 303 g/mol. The number of carbonyl (C=O) groups excluding carboxylic acids is 2. The largest absolute Gasteiger partial charge is 0.285 e. The van der Waals surface area contributed by atoms with Crippen LogP contribution >= 0.6 is 22.6 Å². The molecule has 0 unspecified atom stereocenters. The van der Waals surface area contributed by atoms with Crippen LogP contribution < -0.4 is 0 Å². The zero-order valence-corrected chi connectivity index (χ0v) is 9.22. The van der Waals surface area contributed by atoms with Crippen molar-refractivity contribution < 1.29 is 14.4 Å². The van der Waals surface area contributed by atoms with Crippen molar-refractivity contribution in [1.82, 2.24) is 5.06 Å². The predicted molar refractivity (Wildman–Crippen MR) is 56.9 cm³/mol. The van der Waals surface area contributed by atoms with E-state index in [4.69, 9.17) is 4.84 Å². The fourth-order valence-corrected chi connectivity index (χ4v) is 1.61. The van der Waals surface area contributed by atoms with Gasteiger partial charge in [-0.25, -0.2) is 0 Å². The summed E-state index contributed by atoms with van der Waals surface area (Å²) >= 11 is 1.93. The Morgan fingerprint density at radius 3 is 2.07 bits per heavy atom. The first-order valence-corrected chi connectivity index (χ1v) is 5.45. The molecule has 0 spiro atoms.